The molecule has 0 bridgehead atoms. The molecule has 12 nitrogen and oxygen atoms in total. The molecule has 0 radical (unpaired) electrons. The molecule has 2 heterocycles. The number of hydrazone groups is 1. The minimum Gasteiger partial charge on any atom is -0.465 e. The number of rotatable bonds is 7. The number of nitrogen functional groups attached to an aromatic ring is 1. The fourth-order valence-electron chi connectivity index (χ4n) is 2.49. The third kappa shape index (κ3) is 4.26. The van der Waals surface area contributed by atoms with Gasteiger partial charge in [-0.3, -0.25) is 4.79 Å². The summed E-state index contributed by atoms with van der Waals surface area (Å²) in [6.45, 7) is 1.94. The number of hydrogen-bond acceptors (Lipinski definition) is 10. The number of nitrogens with one attached hydrogen (secondary N) is 1. The van der Waals surface area contributed by atoms with Gasteiger partial charge in [-0.15, -0.1) is 5.10 Å². The van der Waals surface area contributed by atoms with Gasteiger partial charge in [0.2, 0.25) is 11.6 Å². The molecule has 0 aliphatic rings. The first-order valence-electron chi connectivity index (χ1n) is 8.59. The van der Waals surface area contributed by atoms with Crippen molar-refractivity contribution < 1.29 is 19.0 Å². The lowest BCUT2D eigenvalue weighted by molar-refractivity contribution is 0.0600. The number of nitrogens with zero attached hydrogens (tertiary/aromatic N) is 6. The average Bonchev–Trinajstić information content (AvgIpc) is 3.34. The molecule has 0 atom stereocenters. The molecule has 1 amide bonds. The Morgan fingerprint density at radius 1 is 1.31 bits per heavy atom. The quantitative estimate of drug-likeness (QED) is 0.332. The highest BCUT2D eigenvalue weighted by molar-refractivity contribution is 5.94. The normalized spacial score (nSPS) is 11.0. The monoisotopic (exact) mass is 398 g/mol. The van der Waals surface area contributed by atoms with Gasteiger partial charge in [0.1, 0.15) is 0 Å². The van der Waals surface area contributed by atoms with E-state index >= 15 is 0 Å². The summed E-state index contributed by atoms with van der Waals surface area (Å²) < 4.78 is 10.5. The van der Waals surface area contributed by atoms with Crippen LogP contribution in [0.4, 0.5) is 5.82 Å². The van der Waals surface area contributed by atoms with Gasteiger partial charge in [0, 0.05) is 0 Å². The number of nitrogens with two attached hydrogens (primary N) is 1. The Labute approximate surface area is 164 Å². The lowest BCUT2D eigenvalue weighted by Gasteiger charge is -2.03. The fraction of sp³-hybridized carbons (Fsp3) is 0.235. The van der Waals surface area contributed by atoms with E-state index in [1.807, 2.05) is 6.92 Å². The summed E-state index contributed by atoms with van der Waals surface area (Å²) in [5.41, 5.74) is 9.78. The van der Waals surface area contributed by atoms with Gasteiger partial charge in [-0.2, -0.15) is 9.78 Å². The topological polar surface area (TPSA) is 163 Å². The molecule has 150 valence electrons. The molecule has 3 aromatic rings. The first kappa shape index (κ1) is 19.7. The Morgan fingerprint density at radius 3 is 2.69 bits per heavy atom. The minimum absolute atomic E-state index is 0.0348. The molecular weight excluding hydrogens is 380 g/mol. The molecule has 0 saturated carbocycles. The second-order valence-electron chi connectivity index (χ2n) is 5.83. The molecule has 0 unspecified atom stereocenters. The summed E-state index contributed by atoms with van der Waals surface area (Å²) in [7, 11) is 1.31. The van der Waals surface area contributed by atoms with Crippen LogP contribution in [0.5, 0.6) is 0 Å². The first-order valence-corrected chi connectivity index (χ1v) is 8.59. The van der Waals surface area contributed by atoms with Crippen LogP contribution < -0.4 is 11.2 Å². The van der Waals surface area contributed by atoms with Crippen molar-refractivity contribution in [2.24, 2.45) is 5.10 Å². The second kappa shape index (κ2) is 8.73. The summed E-state index contributed by atoms with van der Waals surface area (Å²) in [6, 6.07) is 6.52. The van der Waals surface area contributed by atoms with E-state index in [0.717, 1.165) is 6.42 Å². The van der Waals surface area contributed by atoms with Crippen LogP contribution in [-0.4, -0.2) is 50.5 Å². The molecule has 1 aromatic carbocycles. The van der Waals surface area contributed by atoms with Gasteiger partial charge in [0.05, 0.1) is 24.6 Å². The zero-order valence-electron chi connectivity index (χ0n) is 15.7. The number of amides is 1. The number of carbonyl (C=O) groups excluding carboxylic acids is 2. The van der Waals surface area contributed by atoms with E-state index in [4.69, 9.17) is 5.73 Å². The van der Waals surface area contributed by atoms with Crippen molar-refractivity contribution in [1.82, 2.24) is 30.7 Å². The fourth-order valence-corrected chi connectivity index (χ4v) is 2.49. The summed E-state index contributed by atoms with van der Waals surface area (Å²) in [4.78, 5) is 23.9. The van der Waals surface area contributed by atoms with Crippen LogP contribution in [0.15, 0.2) is 34.0 Å². The van der Waals surface area contributed by atoms with Gasteiger partial charge < -0.3 is 10.5 Å². The van der Waals surface area contributed by atoms with E-state index in [2.05, 4.69) is 40.5 Å². The van der Waals surface area contributed by atoms with E-state index < -0.39 is 11.9 Å². The number of methoxy groups -OCH3 is 1. The maximum absolute atomic E-state index is 12.5. The predicted octanol–water partition coefficient (Wildman–Crippen LogP) is 0.735. The third-order valence-corrected chi connectivity index (χ3v) is 3.87. The van der Waals surface area contributed by atoms with Gasteiger partial charge in [-0.1, -0.05) is 30.7 Å². The van der Waals surface area contributed by atoms with Crippen molar-refractivity contribution in [1.29, 1.82) is 0 Å². The van der Waals surface area contributed by atoms with Crippen LogP contribution in [0.2, 0.25) is 0 Å². The molecule has 0 aliphatic heterocycles. The summed E-state index contributed by atoms with van der Waals surface area (Å²) in [5.74, 6) is -0.782. The van der Waals surface area contributed by atoms with Crippen molar-refractivity contribution in [3.8, 4) is 5.82 Å². The summed E-state index contributed by atoms with van der Waals surface area (Å²) in [6.07, 6.45) is 2.66. The molecule has 0 spiro atoms. The highest BCUT2D eigenvalue weighted by Gasteiger charge is 2.23. The van der Waals surface area contributed by atoms with Crippen molar-refractivity contribution in [2.45, 2.75) is 19.8 Å². The number of ether oxygens (including phenoxy) is 1. The Kier molecular flexibility index (Phi) is 5.92. The van der Waals surface area contributed by atoms with Gasteiger partial charge in [0.15, 0.2) is 5.69 Å². The number of hydrogen-bond donors (Lipinski definition) is 2. The number of esters is 1. The maximum atomic E-state index is 12.5. The lowest BCUT2D eigenvalue weighted by Crippen LogP contribution is -2.20. The molecular formula is C17H18N8O4. The number of anilines is 1. The summed E-state index contributed by atoms with van der Waals surface area (Å²) >= 11 is 0. The zero-order valence-corrected chi connectivity index (χ0v) is 15.7. The van der Waals surface area contributed by atoms with Crippen LogP contribution >= 0.6 is 0 Å². The van der Waals surface area contributed by atoms with Gasteiger partial charge >= 0.3 is 5.97 Å². The molecule has 29 heavy (non-hydrogen) atoms. The Hall–Kier alpha value is -4.09. The first-order chi connectivity index (χ1) is 14.0. The molecule has 0 saturated heterocycles. The van der Waals surface area contributed by atoms with Crippen molar-refractivity contribution in [2.75, 3.05) is 12.8 Å². The molecule has 0 fully saturated rings. The van der Waals surface area contributed by atoms with Gasteiger partial charge in [-0.25, -0.2) is 14.8 Å². The molecule has 0 aliphatic carbocycles. The molecule has 2 aromatic heterocycles. The lowest BCUT2D eigenvalue weighted by atomic mass is 10.1. The van der Waals surface area contributed by atoms with E-state index in [0.29, 0.717) is 23.2 Å². The van der Waals surface area contributed by atoms with E-state index in [-0.39, 0.29) is 17.3 Å². The standard InChI is InChI=1S/C17H18N8O4/c1-3-4-12-13(20-24-25(12)15-14(18)22-29-23-15)16(26)21-19-9-10-5-7-11(8-6-10)17(27)28-2/h5-9H,3-4H2,1-2H3,(H2,18,22)(H,21,26)/b19-9+. The SMILES string of the molecule is CCCc1c(C(=O)N/N=C/c2ccc(C(=O)OC)cc2)nnn1-c1nonc1N. The smallest absolute Gasteiger partial charge is 0.337 e. The number of benzene rings is 1. The number of aromatic nitrogens is 5. The summed E-state index contributed by atoms with van der Waals surface area (Å²) in [5, 5.41) is 18.9. The highest BCUT2D eigenvalue weighted by atomic mass is 16.6. The Bertz CT molecular complexity index is 1040. The molecule has 3 rings (SSSR count). The van der Waals surface area contributed by atoms with E-state index in [1.54, 1.807) is 24.3 Å². The highest BCUT2D eigenvalue weighted by Crippen LogP contribution is 2.17. The molecule has 12 heteroatoms. The van der Waals surface area contributed by atoms with Crippen molar-refractivity contribution in [3.05, 3.63) is 46.8 Å². The van der Waals surface area contributed by atoms with Crippen LogP contribution in [0.25, 0.3) is 5.82 Å². The van der Waals surface area contributed by atoms with Crippen LogP contribution in [0.1, 0.15) is 45.4 Å². The Morgan fingerprint density at radius 2 is 2.07 bits per heavy atom. The minimum atomic E-state index is -0.544. The van der Waals surface area contributed by atoms with Gasteiger partial charge in [0.25, 0.3) is 5.91 Å². The van der Waals surface area contributed by atoms with Gasteiger partial charge in [-0.05, 0) is 34.4 Å². The largest absolute Gasteiger partial charge is 0.465 e. The van der Waals surface area contributed by atoms with Crippen molar-refractivity contribution >= 4 is 23.9 Å². The molecule has 3 N–H and O–H groups in total. The average molecular weight is 398 g/mol. The maximum Gasteiger partial charge on any atom is 0.337 e. The van der Waals surface area contributed by atoms with E-state index in [1.165, 1.54) is 18.0 Å². The van der Waals surface area contributed by atoms with Crippen LogP contribution in [0, 0.1) is 0 Å². The zero-order chi connectivity index (χ0) is 20.8. The van der Waals surface area contributed by atoms with E-state index in [9.17, 15) is 9.59 Å². The van der Waals surface area contributed by atoms with Crippen LogP contribution in [0.3, 0.4) is 0 Å². The van der Waals surface area contributed by atoms with Crippen molar-refractivity contribution in [3.63, 3.8) is 0 Å². The predicted molar refractivity (Wildman–Crippen MR) is 100 cm³/mol. The second-order valence-corrected chi connectivity index (χ2v) is 5.83. The van der Waals surface area contributed by atoms with Crippen LogP contribution in [-0.2, 0) is 11.2 Å². The number of carbonyl (C=O) groups is 2. The Balaban J connectivity index is 1.74. The third-order valence-electron chi connectivity index (χ3n) is 3.87.